The molecule has 0 amide bonds. The van der Waals surface area contributed by atoms with Gasteiger partial charge in [-0.1, -0.05) is 36.4 Å². The number of carbonyl (C=O) groups is 3. The first-order valence-corrected chi connectivity index (χ1v) is 12.8. The van der Waals surface area contributed by atoms with Crippen molar-refractivity contribution in [2.24, 2.45) is 0 Å². The van der Waals surface area contributed by atoms with E-state index in [2.05, 4.69) is 6.58 Å². The number of benzene rings is 1. The molecule has 2 heterocycles. The predicted molar refractivity (Wildman–Crippen MR) is 135 cm³/mol. The fourth-order valence-electron chi connectivity index (χ4n) is 4.94. The number of aliphatic hydroxyl groups is 2. The van der Waals surface area contributed by atoms with Crippen LogP contribution < -0.4 is 0 Å². The average molecular weight is 535 g/mol. The van der Waals surface area contributed by atoms with Crippen LogP contribution in [0, 0.1) is 0 Å². The van der Waals surface area contributed by atoms with Crippen LogP contribution in [0.4, 0.5) is 0 Å². The first-order chi connectivity index (χ1) is 18.0. The van der Waals surface area contributed by atoms with Crippen molar-refractivity contribution in [1.82, 2.24) is 0 Å². The van der Waals surface area contributed by atoms with Gasteiger partial charge in [0.1, 0.15) is 42.7 Å². The van der Waals surface area contributed by atoms with E-state index in [0.717, 1.165) is 5.56 Å². The maximum Gasteiger partial charge on any atom is 0.303 e. The molecule has 2 aliphatic heterocycles. The summed E-state index contributed by atoms with van der Waals surface area (Å²) in [6.45, 7) is 7.65. The van der Waals surface area contributed by atoms with E-state index < -0.39 is 54.2 Å². The Labute approximate surface area is 222 Å². The zero-order chi connectivity index (χ0) is 27.9. The summed E-state index contributed by atoms with van der Waals surface area (Å²) in [4.78, 5) is 36.0. The molecule has 0 aromatic heterocycles. The van der Waals surface area contributed by atoms with Crippen molar-refractivity contribution in [2.75, 3.05) is 6.61 Å². The lowest BCUT2D eigenvalue weighted by Crippen LogP contribution is -2.52. The van der Waals surface area contributed by atoms with Crippen LogP contribution in [-0.4, -0.2) is 82.9 Å². The van der Waals surface area contributed by atoms with Gasteiger partial charge in [0.25, 0.3) is 0 Å². The Hall–Kier alpha value is -2.63. The Morgan fingerprint density at radius 2 is 1.92 bits per heavy atom. The van der Waals surface area contributed by atoms with Crippen molar-refractivity contribution >= 4 is 17.7 Å². The standard InChI is InChI=1S/C28H38O10/c1-5-9-20-12-13-21(31)25(36-20)23(32)27-24(33)26(34-15-19-10-7-6-8-11-19)22(37-27)14-28(4,38-18(3)30)16-35-17(2)29/h5-8,10-11,20,22-27,32-33H,1,9,12-16H2,2-4H3/t20?,22?,23-,24?,25+,26?,27?,28?/m1/s1. The van der Waals surface area contributed by atoms with Crippen LogP contribution >= 0.6 is 0 Å². The lowest BCUT2D eigenvalue weighted by atomic mass is 9.91. The van der Waals surface area contributed by atoms with E-state index in [1.54, 1.807) is 13.0 Å². The topological polar surface area (TPSA) is 138 Å². The van der Waals surface area contributed by atoms with Crippen LogP contribution in [0.1, 0.15) is 52.0 Å². The largest absolute Gasteiger partial charge is 0.462 e. The smallest absolute Gasteiger partial charge is 0.303 e. The number of carbonyl (C=O) groups excluding carboxylic acids is 3. The third-order valence-corrected chi connectivity index (χ3v) is 6.71. The van der Waals surface area contributed by atoms with Crippen molar-refractivity contribution < 1.29 is 48.3 Å². The maximum atomic E-state index is 12.6. The summed E-state index contributed by atoms with van der Waals surface area (Å²) in [5.41, 5.74) is -0.453. The molecule has 0 spiro atoms. The molecule has 2 aliphatic rings. The third-order valence-electron chi connectivity index (χ3n) is 6.71. The Bertz CT molecular complexity index is 966. The highest BCUT2D eigenvalue weighted by Crippen LogP contribution is 2.35. The van der Waals surface area contributed by atoms with E-state index in [-0.39, 0.29) is 37.9 Å². The number of aliphatic hydroxyl groups excluding tert-OH is 2. The molecule has 210 valence electrons. The summed E-state index contributed by atoms with van der Waals surface area (Å²) in [6.07, 6.45) is -4.36. The van der Waals surface area contributed by atoms with Gasteiger partial charge in [-0.15, -0.1) is 6.58 Å². The van der Waals surface area contributed by atoms with Crippen molar-refractivity contribution in [3.05, 3.63) is 48.6 Å². The quantitative estimate of drug-likeness (QED) is 0.303. The predicted octanol–water partition coefficient (Wildman–Crippen LogP) is 2.03. The van der Waals surface area contributed by atoms with Crippen molar-refractivity contribution in [3.63, 3.8) is 0 Å². The first kappa shape index (κ1) is 29.9. The SMILES string of the molecule is C=CCC1CCC(=O)[C@@H]([C@@H](O)C2OC(CC(C)(COC(C)=O)OC(C)=O)C(OCc3ccccc3)C2O)O1. The van der Waals surface area contributed by atoms with Crippen LogP contribution in [0.2, 0.25) is 0 Å². The van der Waals surface area contributed by atoms with Crippen LogP contribution in [0.25, 0.3) is 0 Å². The van der Waals surface area contributed by atoms with Crippen LogP contribution in [0.15, 0.2) is 43.0 Å². The minimum absolute atomic E-state index is 0.0157. The molecule has 0 radical (unpaired) electrons. The first-order valence-electron chi connectivity index (χ1n) is 12.8. The van der Waals surface area contributed by atoms with E-state index in [1.165, 1.54) is 13.8 Å². The fraction of sp³-hybridized carbons (Fsp3) is 0.607. The zero-order valence-electron chi connectivity index (χ0n) is 22.1. The summed E-state index contributed by atoms with van der Waals surface area (Å²) in [7, 11) is 0. The molecule has 1 aromatic rings. The molecule has 2 N–H and O–H groups in total. The van der Waals surface area contributed by atoms with Gasteiger partial charge in [-0.2, -0.15) is 0 Å². The normalized spacial score (nSPS) is 29.8. The van der Waals surface area contributed by atoms with Gasteiger partial charge in [-0.05, 0) is 25.3 Å². The second-order valence-electron chi connectivity index (χ2n) is 10.1. The molecule has 8 atom stereocenters. The van der Waals surface area contributed by atoms with E-state index in [0.29, 0.717) is 12.8 Å². The van der Waals surface area contributed by atoms with Crippen molar-refractivity contribution in [1.29, 1.82) is 0 Å². The van der Waals surface area contributed by atoms with Gasteiger partial charge in [0, 0.05) is 26.7 Å². The fourth-order valence-corrected chi connectivity index (χ4v) is 4.94. The molecule has 1 aromatic carbocycles. The van der Waals surface area contributed by atoms with Gasteiger partial charge in [-0.3, -0.25) is 14.4 Å². The minimum atomic E-state index is -1.47. The molecule has 0 saturated carbocycles. The molecular weight excluding hydrogens is 496 g/mol. The van der Waals surface area contributed by atoms with Crippen LogP contribution in [0.3, 0.4) is 0 Å². The molecule has 0 bridgehead atoms. The lowest BCUT2D eigenvalue weighted by Gasteiger charge is -2.34. The molecule has 0 aliphatic carbocycles. The summed E-state index contributed by atoms with van der Waals surface area (Å²) >= 11 is 0. The van der Waals surface area contributed by atoms with Gasteiger partial charge in [0.2, 0.25) is 0 Å². The summed E-state index contributed by atoms with van der Waals surface area (Å²) in [5, 5.41) is 22.4. The monoisotopic (exact) mass is 534 g/mol. The number of hydrogen-bond acceptors (Lipinski definition) is 10. The van der Waals surface area contributed by atoms with Gasteiger partial charge >= 0.3 is 11.9 Å². The molecule has 2 saturated heterocycles. The Morgan fingerprint density at radius 1 is 1.21 bits per heavy atom. The van der Waals surface area contributed by atoms with Crippen molar-refractivity contribution in [2.45, 2.75) is 101 Å². The Balaban J connectivity index is 1.83. The highest BCUT2D eigenvalue weighted by atomic mass is 16.6. The second kappa shape index (κ2) is 13.4. The number of ether oxygens (including phenoxy) is 5. The Kier molecular flexibility index (Phi) is 10.6. The van der Waals surface area contributed by atoms with E-state index in [9.17, 15) is 24.6 Å². The van der Waals surface area contributed by atoms with Gasteiger partial charge in [0.15, 0.2) is 5.78 Å². The minimum Gasteiger partial charge on any atom is -0.462 e. The van der Waals surface area contributed by atoms with Gasteiger partial charge in [-0.25, -0.2) is 0 Å². The van der Waals surface area contributed by atoms with E-state index >= 15 is 0 Å². The molecule has 10 heteroatoms. The molecule has 10 nitrogen and oxygen atoms in total. The number of hydrogen-bond donors (Lipinski definition) is 2. The van der Waals surface area contributed by atoms with Crippen molar-refractivity contribution in [3.8, 4) is 0 Å². The summed E-state index contributed by atoms with van der Waals surface area (Å²) in [5.74, 6) is -1.42. The summed E-state index contributed by atoms with van der Waals surface area (Å²) < 4.78 is 28.6. The van der Waals surface area contributed by atoms with Crippen LogP contribution in [0.5, 0.6) is 0 Å². The second-order valence-corrected chi connectivity index (χ2v) is 10.1. The summed E-state index contributed by atoms with van der Waals surface area (Å²) in [6, 6.07) is 9.30. The zero-order valence-corrected chi connectivity index (χ0v) is 22.1. The number of Topliss-reactive ketones (excluding diaryl/α,β-unsaturated/α-hetero) is 1. The number of rotatable bonds is 12. The molecular formula is C28H38O10. The van der Waals surface area contributed by atoms with Crippen LogP contribution in [-0.2, 0) is 44.7 Å². The highest BCUT2D eigenvalue weighted by Gasteiger charge is 2.53. The molecule has 2 fully saturated rings. The maximum absolute atomic E-state index is 12.6. The van der Waals surface area contributed by atoms with Gasteiger partial charge < -0.3 is 33.9 Å². The molecule has 38 heavy (non-hydrogen) atoms. The third kappa shape index (κ3) is 7.94. The van der Waals surface area contributed by atoms with Gasteiger partial charge in [0.05, 0.1) is 18.8 Å². The average Bonchev–Trinajstić information content (AvgIpc) is 3.17. The lowest BCUT2D eigenvalue weighted by molar-refractivity contribution is -0.181. The number of esters is 2. The number of ketones is 1. The van der Waals surface area contributed by atoms with E-state index in [4.69, 9.17) is 23.7 Å². The Morgan fingerprint density at radius 3 is 2.55 bits per heavy atom. The highest BCUT2D eigenvalue weighted by molar-refractivity contribution is 5.84. The molecule has 6 unspecified atom stereocenters. The molecule has 3 rings (SSSR count). The van der Waals surface area contributed by atoms with E-state index in [1.807, 2.05) is 30.3 Å².